The van der Waals surface area contributed by atoms with Crippen LogP contribution in [0.25, 0.3) is 0 Å². The summed E-state index contributed by atoms with van der Waals surface area (Å²) in [6.07, 6.45) is 9.38. The van der Waals surface area contributed by atoms with Crippen molar-refractivity contribution in [2.45, 2.75) is 19.4 Å². The molecule has 1 amide bonds. The minimum atomic E-state index is -0.138. The average molecular weight is 311 g/mol. The van der Waals surface area contributed by atoms with Gasteiger partial charge < -0.3 is 4.90 Å². The Labute approximate surface area is 135 Å². The van der Waals surface area contributed by atoms with E-state index in [0.29, 0.717) is 0 Å². The molecule has 120 valence electrons. The minimum Gasteiger partial charge on any atom is -0.309 e. The molecule has 0 unspecified atom stereocenters. The van der Waals surface area contributed by atoms with Gasteiger partial charge in [0.2, 0.25) is 5.91 Å². The maximum atomic E-state index is 12.7. The van der Waals surface area contributed by atoms with Crippen molar-refractivity contribution in [3.63, 3.8) is 0 Å². The lowest BCUT2D eigenvalue weighted by Gasteiger charge is -2.52. The number of nitrogens with zero attached hydrogens (tertiary/aromatic N) is 5. The Bertz CT molecular complexity index is 703. The maximum Gasteiger partial charge on any atom is 0.235 e. The highest BCUT2D eigenvalue weighted by atomic mass is 16.2. The third kappa shape index (κ3) is 2.53. The van der Waals surface area contributed by atoms with Crippen molar-refractivity contribution in [3.8, 4) is 0 Å². The third-order valence-electron chi connectivity index (χ3n) is 5.09. The lowest BCUT2D eigenvalue weighted by molar-refractivity contribution is -0.138. The van der Waals surface area contributed by atoms with Crippen molar-refractivity contribution in [2.75, 3.05) is 24.5 Å². The molecular weight excluding hydrogens is 290 g/mol. The maximum absolute atomic E-state index is 12.7. The fourth-order valence-corrected chi connectivity index (χ4v) is 3.68. The van der Waals surface area contributed by atoms with Gasteiger partial charge in [0.1, 0.15) is 0 Å². The van der Waals surface area contributed by atoms with Crippen molar-refractivity contribution >= 4 is 11.6 Å². The van der Waals surface area contributed by atoms with Gasteiger partial charge in [-0.15, -0.1) is 0 Å². The van der Waals surface area contributed by atoms with Crippen LogP contribution in [0.5, 0.6) is 0 Å². The number of carbonyl (C=O) groups excluding carboxylic acids is 1. The molecule has 2 aromatic heterocycles. The first kappa shape index (κ1) is 14.4. The van der Waals surface area contributed by atoms with E-state index in [0.717, 1.165) is 44.7 Å². The molecule has 4 rings (SSSR count). The molecule has 4 heterocycles. The zero-order chi connectivity index (χ0) is 15.9. The van der Waals surface area contributed by atoms with Crippen molar-refractivity contribution in [1.29, 1.82) is 0 Å². The van der Waals surface area contributed by atoms with Crippen LogP contribution in [-0.2, 0) is 18.4 Å². The summed E-state index contributed by atoms with van der Waals surface area (Å²) >= 11 is 0. The van der Waals surface area contributed by atoms with Crippen LogP contribution in [-0.4, -0.2) is 45.2 Å². The van der Waals surface area contributed by atoms with E-state index >= 15 is 0 Å². The highest BCUT2D eigenvalue weighted by Crippen LogP contribution is 2.43. The molecule has 23 heavy (non-hydrogen) atoms. The second kappa shape index (κ2) is 5.45. The number of β-lactam (4-membered cyclic amide) rings is 1. The molecule has 1 spiro atoms. The number of piperidine rings is 1. The molecule has 6 heteroatoms. The van der Waals surface area contributed by atoms with Gasteiger partial charge in [0.05, 0.1) is 23.5 Å². The van der Waals surface area contributed by atoms with Gasteiger partial charge in [0.25, 0.3) is 0 Å². The molecule has 0 bridgehead atoms. The number of aromatic nitrogens is 3. The Morgan fingerprint density at radius 3 is 2.70 bits per heavy atom. The van der Waals surface area contributed by atoms with E-state index in [1.807, 2.05) is 35.0 Å². The zero-order valence-electron chi connectivity index (χ0n) is 13.4. The van der Waals surface area contributed by atoms with Crippen LogP contribution in [0, 0.1) is 5.41 Å². The van der Waals surface area contributed by atoms with Gasteiger partial charge in [-0.3, -0.25) is 19.4 Å². The van der Waals surface area contributed by atoms with Gasteiger partial charge in [-0.25, -0.2) is 0 Å². The van der Waals surface area contributed by atoms with Gasteiger partial charge in [-0.2, -0.15) is 5.10 Å². The summed E-state index contributed by atoms with van der Waals surface area (Å²) in [5, 5.41) is 4.22. The van der Waals surface area contributed by atoms with E-state index in [-0.39, 0.29) is 11.3 Å². The topological polar surface area (TPSA) is 54.3 Å². The zero-order valence-corrected chi connectivity index (χ0v) is 13.4. The van der Waals surface area contributed by atoms with E-state index in [9.17, 15) is 4.79 Å². The molecule has 0 saturated carbocycles. The number of aryl methyl sites for hydroxylation is 1. The number of pyridine rings is 1. The Kier molecular flexibility index (Phi) is 3.41. The number of amides is 1. The van der Waals surface area contributed by atoms with Crippen LogP contribution >= 0.6 is 0 Å². The summed E-state index contributed by atoms with van der Waals surface area (Å²) in [6, 6.07) is 3.83. The monoisotopic (exact) mass is 311 g/mol. The number of carbonyl (C=O) groups is 1. The van der Waals surface area contributed by atoms with E-state index in [1.54, 1.807) is 12.4 Å². The summed E-state index contributed by atoms with van der Waals surface area (Å²) < 4.78 is 1.84. The fraction of sp³-hybridized carbons (Fsp3) is 0.471. The molecule has 0 atom stereocenters. The molecular formula is C17H21N5O. The summed E-state index contributed by atoms with van der Waals surface area (Å²) in [5.74, 6) is 0.270. The van der Waals surface area contributed by atoms with Crippen molar-refractivity contribution in [3.05, 3.63) is 42.5 Å². The highest BCUT2D eigenvalue weighted by molar-refractivity contribution is 6.04. The largest absolute Gasteiger partial charge is 0.309 e. The van der Waals surface area contributed by atoms with E-state index < -0.39 is 0 Å². The first-order valence-electron chi connectivity index (χ1n) is 8.08. The smallest absolute Gasteiger partial charge is 0.235 e. The second-order valence-electron chi connectivity index (χ2n) is 6.68. The number of rotatable bonds is 3. The molecule has 0 aromatic carbocycles. The van der Waals surface area contributed by atoms with E-state index in [4.69, 9.17) is 0 Å². The molecule has 2 aliphatic rings. The normalized spacial score (nSPS) is 20.7. The summed E-state index contributed by atoms with van der Waals surface area (Å²) in [7, 11) is 1.94. The fourth-order valence-electron chi connectivity index (χ4n) is 3.68. The van der Waals surface area contributed by atoms with Gasteiger partial charge >= 0.3 is 0 Å². The van der Waals surface area contributed by atoms with Crippen LogP contribution in [0.15, 0.2) is 36.9 Å². The van der Waals surface area contributed by atoms with E-state index in [2.05, 4.69) is 21.2 Å². The number of hydrogen-bond acceptors (Lipinski definition) is 4. The molecule has 6 nitrogen and oxygen atoms in total. The number of hydrogen-bond donors (Lipinski definition) is 0. The van der Waals surface area contributed by atoms with Crippen LogP contribution in [0.4, 0.5) is 5.69 Å². The summed E-state index contributed by atoms with van der Waals surface area (Å²) in [6.45, 7) is 3.70. The molecule has 2 fully saturated rings. The molecule has 0 radical (unpaired) electrons. The van der Waals surface area contributed by atoms with Crippen LogP contribution in [0.2, 0.25) is 0 Å². The Morgan fingerprint density at radius 2 is 2.09 bits per heavy atom. The highest BCUT2D eigenvalue weighted by Gasteiger charge is 2.53. The van der Waals surface area contributed by atoms with Crippen molar-refractivity contribution in [1.82, 2.24) is 19.7 Å². The van der Waals surface area contributed by atoms with Gasteiger partial charge in [0, 0.05) is 38.1 Å². The quantitative estimate of drug-likeness (QED) is 0.805. The summed E-state index contributed by atoms with van der Waals surface area (Å²) in [4.78, 5) is 21.1. The molecule has 2 aromatic rings. The van der Waals surface area contributed by atoms with Crippen LogP contribution in [0.3, 0.4) is 0 Å². The lowest BCUT2D eigenvalue weighted by atomic mass is 9.71. The first-order valence-corrected chi connectivity index (χ1v) is 8.08. The standard InChI is InChI=1S/C17H21N5O/c1-20-11-14(9-19-20)12-21-7-4-17(5-8-21)13-22(16(17)23)15-3-2-6-18-10-15/h2-3,6,9-11H,4-5,7-8,12-13H2,1H3. The predicted molar refractivity (Wildman–Crippen MR) is 86.7 cm³/mol. The third-order valence-corrected chi connectivity index (χ3v) is 5.09. The SMILES string of the molecule is Cn1cc(CN2CCC3(CC2)CN(c2cccnc2)C3=O)cn1. The molecule has 2 aliphatic heterocycles. The molecule has 0 aliphatic carbocycles. The molecule has 0 N–H and O–H groups in total. The lowest BCUT2D eigenvalue weighted by Crippen LogP contribution is -2.65. The van der Waals surface area contributed by atoms with Crippen LogP contribution < -0.4 is 4.90 Å². The predicted octanol–water partition coefficient (Wildman–Crippen LogP) is 1.44. The summed E-state index contributed by atoms with van der Waals surface area (Å²) in [5.41, 5.74) is 2.02. The second-order valence-corrected chi connectivity index (χ2v) is 6.68. The Balaban J connectivity index is 1.36. The van der Waals surface area contributed by atoms with Gasteiger partial charge in [-0.1, -0.05) is 0 Å². The number of likely N-dealkylation sites (tertiary alicyclic amines) is 1. The Hall–Kier alpha value is -2.21. The van der Waals surface area contributed by atoms with Crippen LogP contribution in [0.1, 0.15) is 18.4 Å². The Morgan fingerprint density at radius 1 is 1.26 bits per heavy atom. The number of anilines is 1. The van der Waals surface area contributed by atoms with Gasteiger partial charge in [0.15, 0.2) is 0 Å². The average Bonchev–Trinajstić information content (AvgIpc) is 2.99. The van der Waals surface area contributed by atoms with Gasteiger partial charge in [-0.05, 0) is 38.1 Å². The van der Waals surface area contributed by atoms with Crippen molar-refractivity contribution < 1.29 is 4.79 Å². The minimum absolute atomic E-state index is 0.138. The first-order chi connectivity index (χ1) is 11.2. The molecule has 2 saturated heterocycles. The van der Waals surface area contributed by atoms with Crippen molar-refractivity contribution in [2.24, 2.45) is 12.5 Å². The van der Waals surface area contributed by atoms with E-state index in [1.165, 1.54) is 5.56 Å².